The molecule has 1 heterocycles. The van der Waals surface area contributed by atoms with E-state index in [0.29, 0.717) is 13.1 Å². The summed E-state index contributed by atoms with van der Waals surface area (Å²) in [5, 5.41) is 9.12. The Morgan fingerprint density at radius 3 is 2.85 bits per heavy atom. The maximum atomic E-state index is 11.1. The van der Waals surface area contributed by atoms with Crippen molar-refractivity contribution < 1.29 is 19.4 Å². The molecule has 1 fully saturated rings. The molecular weight excluding hydrogens is 258 g/mol. The molecule has 110 valence electrons. The Balaban J connectivity index is 2.07. The molecular formula is C15H21NO4. The van der Waals surface area contributed by atoms with Crippen LogP contribution in [0.5, 0.6) is 11.5 Å². The molecule has 2 rings (SSSR count). The summed E-state index contributed by atoms with van der Waals surface area (Å²) in [6.07, 6.45) is 1.70. The maximum Gasteiger partial charge on any atom is 0.307 e. The monoisotopic (exact) mass is 279 g/mol. The van der Waals surface area contributed by atoms with Gasteiger partial charge in [0.15, 0.2) is 0 Å². The number of benzene rings is 1. The Hall–Kier alpha value is -1.75. The second-order valence-electron chi connectivity index (χ2n) is 5.09. The van der Waals surface area contributed by atoms with Crippen LogP contribution in [0.15, 0.2) is 18.2 Å². The summed E-state index contributed by atoms with van der Waals surface area (Å²) in [5.41, 5.74) is 1.05. The molecule has 1 N–H and O–H groups in total. The van der Waals surface area contributed by atoms with E-state index in [-0.39, 0.29) is 5.92 Å². The van der Waals surface area contributed by atoms with Gasteiger partial charge in [0.2, 0.25) is 0 Å². The summed E-state index contributed by atoms with van der Waals surface area (Å²) in [7, 11) is 3.26. The minimum absolute atomic E-state index is 0.256. The molecule has 20 heavy (non-hydrogen) atoms. The lowest BCUT2D eigenvalue weighted by atomic mass is 9.98. The average Bonchev–Trinajstić information content (AvgIpc) is 2.48. The summed E-state index contributed by atoms with van der Waals surface area (Å²) in [5.74, 6) is 0.582. The van der Waals surface area contributed by atoms with Gasteiger partial charge in [-0.2, -0.15) is 0 Å². The van der Waals surface area contributed by atoms with Gasteiger partial charge in [0.25, 0.3) is 0 Å². The van der Waals surface area contributed by atoms with E-state index in [1.54, 1.807) is 14.2 Å². The van der Waals surface area contributed by atoms with Gasteiger partial charge in [0.1, 0.15) is 11.5 Å². The number of aliphatic carboxylic acids is 1. The highest BCUT2D eigenvalue weighted by atomic mass is 16.5. The molecule has 0 bridgehead atoms. The van der Waals surface area contributed by atoms with Crippen molar-refractivity contribution in [2.75, 3.05) is 27.3 Å². The van der Waals surface area contributed by atoms with Gasteiger partial charge in [0.05, 0.1) is 20.1 Å². The lowest BCUT2D eigenvalue weighted by molar-refractivity contribution is -0.143. The topological polar surface area (TPSA) is 59.0 Å². The summed E-state index contributed by atoms with van der Waals surface area (Å²) in [6, 6.07) is 5.73. The smallest absolute Gasteiger partial charge is 0.307 e. The SMILES string of the molecule is COc1ccc(CN2CCCC(C(=O)O)C2)c(OC)c1. The van der Waals surface area contributed by atoms with E-state index in [0.717, 1.165) is 36.4 Å². The van der Waals surface area contributed by atoms with Gasteiger partial charge in [-0.3, -0.25) is 9.69 Å². The largest absolute Gasteiger partial charge is 0.497 e. The van der Waals surface area contributed by atoms with Crippen molar-refractivity contribution in [1.82, 2.24) is 4.90 Å². The molecule has 0 spiro atoms. The Kier molecular flexibility index (Phi) is 4.84. The minimum atomic E-state index is -0.698. The first-order chi connectivity index (χ1) is 9.63. The number of methoxy groups -OCH3 is 2. The molecule has 0 aliphatic carbocycles. The van der Waals surface area contributed by atoms with Crippen molar-refractivity contribution in [3.63, 3.8) is 0 Å². The highest BCUT2D eigenvalue weighted by Crippen LogP contribution is 2.27. The number of carboxylic acids is 1. The highest BCUT2D eigenvalue weighted by molar-refractivity contribution is 5.70. The summed E-state index contributed by atoms with van der Waals surface area (Å²) < 4.78 is 10.6. The first kappa shape index (κ1) is 14.7. The minimum Gasteiger partial charge on any atom is -0.497 e. The summed E-state index contributed by atoms with van der Waals surface area (Å²) >= 11 is 0. The number of likely N-dealkylation sites (tertiary alicyclic amines) is 1. The molecule has 1 aliphatic rings. The Morgan fingerprint density at radius 2 is 2.20 bits per heavy atom. The number of ether oxygens (including phenoxy) is 2. The Labute approximate surface area is 119 Å². The third kappa shape index (κ3) is 3.42. The van der Waals surface area contributed by atoms with Gasteiger partial charge in [0, 0.05) is 24.7 Å². The molecule has 1 unspecified atom stereocenters. The van der Waals surface area contributed by atoms with Crippen LogP contribution in [0.4, 0.5) is 0 Å². The van der Waals surface area contributed by atoms with Crippen LogP contribution in [-0.4, -0.2) is 43.3 Å². The fourth-order valence-corrected chi connectivity index (χ4v) is 2.62. The lowest BCUT2D eigenvalue weighted by Gasteiger charge is -2.31. The van der Waals surface area contributed by atoms with Gasteiger partial charge in [-0.05, 0) is 25.5 Å². The zero-order valence-corrected chi connectivity index (χ0v) is 12.0. The quantitative estimate of drug-likeness (QED) is 0.893. The van der Waals surface area contributed by atoms with Crippen molar-refractivity contribution in [2.45, 2.75) is 19.4 Å². The van der Waals surface area contributed by atoms with Crippen LogP contribution >= 0.6 is 0 Å². The molecule has 5 heteroatoms. The molecule has 0 radical (unpaired) electrons. The van der Waals surface area contributed by atoms with Crippen LogP contribution in [-0.2, 0) is 11.3 Å². The molecule has 0 amide bonds. The van der Waals surface area contributed by atoms with Crippen LogP contribution < -0.4 is 9.47 Å². The molecule has 1 aliphatic heterocycles. The van der Waals surface area contributed by atoms with E-state index in [4.69, 9.17) is 14.6 Å². The predicted molar refractivity (Wildman–Crippen MR) is 75.2 cm³/mol. The normalized spacial score (nSPS) is 19.6. The van der Waals surface area contributed by atoms with E-state index in [9.17, 15) is 4.79 Å². The van der Waals surface area contributed by atoms with Gasteiger partial charge < -0.3 is 14.6 Å². The molecule has 1 atom stereocenters. The fraction of sp³-hybridized carbons (Fsp3) is 0.533. The summed E-state index contributed by atoms with van der Waals surface area (Å²) in [6.45, 7) is 2.24. The number of hydrogen-bond acceptors (Lipinski definition) is 4. The molecule has 0 aromatic heterocycles. The average molecular weight is 279 g/mol. The second-order valence-corrected chi connectivity index (χ2v) is 5.09. The van der Waals surface area contributed by atoms with E-state index < -0.39 is 5.97 Å². The lowest BCUT2D eigenvalue weighted by Crippen LogP contribution is -2.38. The Morgan fingerprint density at radius 1 is 1.40 bits per heavy atom. The molecule has 1 saturated heterocycles. The number of carbonyl (C=O) groups is 1. The molecule has 1 aromatic rings. The third-order valence-electron chi connectivity index (χ3n) is 3.74. The highest BCUT2D eigenvalue weighted by Gasteiger charge is 2.25. The van der Waals surface area contributed by atoms with Gasteiger partial charge in [-0.25, -0.2) is 0 Å². The van der Waals surface area contributed by atoms with Crippen molar-refractivity contribution in [3.8, 4) is 11.5 Å². The van der Waals surface area contributed by atoms with Crippen LogP contribution in [0.1, 0.15) is 18.4 Å². The molecule has 1 aromatic carbocycles. The van der Waals surface area contributed by atoms with Crippen molar-refractivity contribution in [2.24, 2.45) is 5.92 Å². The van der Waals surface area contributed by atoms with Crippen molar-refractivity contribution >= 4 is 5.97 Å². The Bertz CT molecular complexity index is 475. The number of rotatable bonds is 5. The van der Waals surface area contributed by atoms with Crippen molar-refractivity contribution in [3.05, 3.63) is 23.8 Å². The van der Waals surface area contributed by atoms with Gasteiger partial charge in [-0.15, -0.1) is 0 Å². The second kappa shape index (κ2) is 6.61. The zero-order valence-electron chi connectivity index (χ0n) is 12.0. The van der Waals surface area contributed by atoms with Crippen LogP contribution in [0.2, 0.25) is 0 Å². The van der Waals surface area contributed by atoms with E-state index in [2.05, 4.69) is 4.90 Å². The number of nitrogens with zero attached hydrogens (tertiary/aromatic N) is 1. The predicted octanol–water partition coefficient (Wildman–Crippen LogP) is 2.00. The number of hydrogen-bond donors (Lipinski definition) is 1. The first-order valence-corrected chi connectivity index (χ1v) is 6.80. The van der Waals surface area contributed by atoms with Crippen LogP contribution in [0, 0.1) is 5.92 Å². The molecule has 5 nitrogen and oxygen atoms in total. The van der Waals surface area contributed by atoms with Crippen LogP contribution in [0.3, 0.4) is 0 Å². The van der Waals surface area contributed by atoms with E-state index in [1.165, 1.54) is 0 Å². The van der Waals surface area contributed by atoms with Crippen molar-refractivity contribution in [1.29, 1.82) is 0 Å². The zero-order chi connectivity index (χ0) is 14.5. The standard InChI is InChI=1S/C15H21NO4/c1-19-13-6-5-11(14(8-13)20-2)9-16-7-3-4-12(10-16)15(17)18/h5-6,8,12H,3-4,7,9-10H2,1-2H3,(H,17,18). The van der Waals surface area contributed by atoms with Crippen LogP contribution in [0.25, 0.3) is 0 Å². The maximum absolute atomic E-state index is 11.1. The van der Waals surface area contributed by atoms with Gasteiger partial charge in [-0.1, -0.05) is 6.07 Å². The van der Waals surface area contributed by atoms with E-state index >= 15 is 0 Å². The summed E-state index contributed by atoms with van der Waals surface area (Å²) in [4.78, 5) is 13.3. The number of piperidine rings is 1. The van der Waals surface area contributed by atoms with Gasteiger partial charge >= 0.3 is 5.97 Å². The fourth-order valence-electron chi connectivity index (χ4n) is 2.62. The first-order valence-electron chi connectivity index (χ1n) is 6.80. The third-order valence-corrected chi connectivity index (χ3v) is 3.74. The molecule has 0 saturated carbocycles. The number of carboxylic acid groups (broad SMARTS) is 1. The van der Waals surface area contributed by atoms with E-state index in [1.807, 2.05) is 18.2 Å².